The summed E-state index contributed by atoms with van der Waals surface area (Å²) >= 11 is 3.90. The van der Waals surface area contributed by atoms with Crippen LogP contribution < -0.4 is 0 Å². The Morgan fingerprint density at radius 1 is 0.800 bits per heavy atom. The van der Waals surface area contributed by atoms with Crippen LogP contribution in [0, 0.1) is 0 Å². The molecule has 0 aliphatic heterocycles. The average molecular weight is 313 g/mol. The van der Waals surface area contributed by atoms with Gasteiger partial charge in [-0.2, -0.15) is 0 Å². The minimum absolute atomic E-state index is 1.30. The van der Waals surface area contributed by atoms with Crippen molar-refractivity contribution in [1.29, 1.82) is 0 Å². The van der Waals surface area contributed by atoms with Crippen LogP contribution in [0.2, 0.25) is 0 Å². The molecule has 0 aromatic carbocycles. The molecule has 2 heteroatoms. The lowest BCUT2D eigenvalue weighted by Crippen LogP contribution is -1.83. The Kier molecular flexibility index (Phi) is 12.7. The van der Waals surface area contributed by atoms with Gasteiger partial charge in [0.2, 0.25) is 0 Å². The minimum Gasteiger partial charge on any atom is -0.137 e. The fraction of sp³-hybridized carbons (Fsp3) is 0.778. The van der Waals surface area contributed by atoms with Crippen LogP contribution in [0.3, 0.4) is 0 Å². The van der Waals surface area contributed by atoms with Crippen LogP contribution in [0.15, 0.2) is 21.7 Å². The molecule has 20 heavy (non-hydrogen) atoms. The fourth-order valence-electron chi connectivity index (χ4n) is 2.46. The standard InChI is InChI=1S/C18H32S2/c1-2-3-4-5-6-7-8-9-10-11-12-13-16-19-18-15-14-17-20-18/h14-15,17H,2-13,16H2,1H3. The zero-order chi connectivity index (χ0) is 14.3. The van der Waals surface area contributed by atoms with E-state index in [4.69, 9.17) is 0 Å². The van der Waals surface area contributed by atoms with Crippen LogP contribution in [-0.2, 0) is 0 Å². The number of hydrogen-bond donors (Lipinski definition) is 0. The molecule has 116 valence electrons. The largest absolute Gasteiger partial charge is 0.137 e. The van der Waals surface area contributed by atoms with Gasteiger partial charge in [0.25, 0.3) is 0 Å². The molecule has 1 heterocycles. The summed E-state index contributed by atoms with van der Waals surface area (Å²) < 4.78 is 1.48. The van der Waals surface area contributed by atoms with Gasteiger partial charge in [-0.05, 0) is 23.6 Å². The maximum Gasteiger partial charge on any atom is 0.0598 e. The smallest absolute Gasteiger partial charge is 0.0598 e. The first kappa shape index (κ1) is 18.1. The summed E-state index contributed by atoms with van der Waals surface area (Å²) in [6.45, 7) is 2.29. The molecule has 0 bridgehead atoms. The lowest BCUT2D eigenvalue weighted by Gasteiger charge is -2.02. The van der Waals surface area contributed by atoms with E-state index in [1.54, 1.807) is 0 Å². The highest BCUT2D eigenvalue weighted by Gasteiger charge is 1.96. The van der Waals surface area contributed by atoms with Gasteiger partial charge in [-0.25, -0.2) is 0 Å². The number of rotatable bonds is 14. The van der Waals surface area contributed by atoms with E-state index in [2.05, 4.69) is 24.4 Å². The van der Waals surface area contributed by atoms with Crippen LogP contribution in [0.1, 0.15) is 84.0 Å². The molecule has 1 aromatic rings. The molecule has 0 unspecified atom stereocenters. The number of thioether (sulfide) groups is 1. The summed E-state index contributed by atoms with van der Waals surface area (Å²) in [4.78, 5) is 0. The molecule has 0 spiro atoms. The predicted octanol–water partition coefficient (Wildman–Crippen LogP) is 7.54. The van der Waals surface area contributed by atoms with E-state index in [9.17, 15) is 0 Å². The Balaban J connectivity index is 1.70. The maximum atomic E-state index is 2.29. The Morgan fingerprint density at radius 2 is 1.35 bits per heavy atom. The number of thiophene rings is 1. The van der Waals surface area contributed by atoms with E-state index in [1.165, 1.54) is 87.0 Å². The normalized spacial score (nSPS) is 11.1. The van der Waals surface area contributed by atoms with E-state index in [0.717, 1.165) is 0 Å². The van der Waals surface area contributed by atoms with Crippen molar-refractivity contribution in [2.45, 2.75) is 88.2 Å². The van der Waals surface area contributed by atoms with Gasteiger partial charge in [-0.15, -0.1) is 23.1 Å². The average Bonchev–Trinajstić information content (AvgIpc) is 2.97. The van der Waals surface area contributed by atoms with E-state index >= 15 is 0 Å². The molecule has 0 saturated heterocycles. The Bertz CT molecular complexity index is 280. The third-order valence-corrected chi connectivity index (χ3v) is 5.95. The molecule has 0 aliphatic rings. The first-order valence-electron chi connectivity index (χ1n) is 8.60. The molecule has 0 radical (unpaired) electrons. The summed E-state index contributed by atoms with van der Waals surface area (Å²) in [6, 6.07) is 4.38. The van der Waals surface area contributed by atoms with Crippen molar-refractivity contribution < 1.29 is 0 Å². The minimum atomic E-state index is 1.30. The van der Waals surface area contributed by atoms with Gasteiger partial charge in [0, 0.05) is 0 Å². The highest BCUT2D eigenvalue weighted by molar-refractivity contribution is 8.01. The van der Waals surface area contributed by atoms with Gasteiger partial charge in [0.05, 0.1) is 4.21 Å². The van der Waals surface area contributed by atoms with E-state index in [0.29, 0.717) is 0 Å². The van der Waals surface area contributed by atoms with Crippen molar-refractivity contribution in [3.05, 3.63) is 17.5 Å². The summed E-state index contributed by atoms with van der Waals surface area (Å²) in [5.74, 6) is 1.30. The van der Waals surface area contributed by atoms with Gasteiger partial charge in [-0.3, -0.25) is 0 Å². The summed E-state index contributed by atoms with van der Waals surface area (Å²) in [7, 11) is 0. The van der Waals surface area contributed by atoms with Gasteiger partial charge in [-0.1, -0.05) is 83.6 Å². The van der Waals surface area contributed by atoms with Crippen molar-refractivity contribution in [2.24, 2.45) is 0 Å². The van der Waals surface area contributed by atoms with Gasteiger partial charge in [0.1, 0.15) is 0 Å². The Morgan fingerprint density at radius 3 is 1.85 bits per heavy atom. The molecule has 0 N–H and O–H groups in total. The van der Waals surface area contributed by atoms with E-state index in [1.807, 2.05) is 23.1 Å². The lowest BCUT2D eigenvalue weighted by molar-refractivity contribution is 0.548. The Labute approximate surface area is 134 Å². The molecule has 1 aromatic heterocycles. The fourth-order valence-corrected chi connectivity index (χ4v) is 4.32. The molecule has 0 nitrogen and oxygen atoms in total. The molecule has 0 amide bonds. The first-order valence-corrected chi connectivity index (χ1v) is 10.5. The number of hydrogen-bond acceptors (Lipinski definition) is 2. The highest BCUT2D eigenvalue weighted by Crippen LogP contribution is 2.24. The zero-order valence-electron chi connectivity index (χ0n) is 13.2. The second-order valence-electron chi connectivity index (χ2n) is 5.67. The highest BCUT2D eigenvalue weighted by atomic mass is 32.2. The van der Waals surface area contributed by atoms with Gasteiger partial charge < -0.3 is 0 Å². The first-order chi connectivity index (χ1) is 9.93. The molecular formula is C18H32S2. The van der Waals surface area contributed by atoms with Gasteiger partial charge >= 0.3 is 0 Å². The summed E-state index contributed by atoms with van der Waals surface area (Å²) in [5.41, 5.74) is 0. The lowest BCUT2D eigenvalue weighted by atomic mass is 10.1. The van der Waals surface area contributed by atoms with Crippen molar-refractivity contribution in [3.63, 3.8) is 0 Å². The van der Waals surface area contributed by atoms with Crippen molar-refractivity contribution in [3.8, 4) is 0 Å². The van der Waals surface area contributed by atoms with Gasteiger partial charge in [0.15, 0.2) is 0 Å². The van der Waals surface area contributed by atoms with Crippen LogP contribution in [0.5, 0.6) is 0 Å². The second kappa shape index (κ2) is 14.0. The number of unbranched alkanes of at least 4 members (excludes halogenated alkanes) is 11. The van der Waals surface area contributed by atoms with E-state index in [-0.39, 0.29) is 0 Å². The summed E-state index contributed by atoms with van der Waals surface area (Å²) in [5, 5.41) is 2.17. The summed E-state index contributed by atoms with van der Waals surface area (Å²) in [6.07, 6.45) is 17.3. The van der Waals surface area contributed by atoms with E-state index < -0.39 is 0 Å². The molecule has 0 aliphatic carbocycles. The zero-order valence-corrected chi connectivity index (χ0v) is 14.9. The van der Waals surface area contributed by atoms with Crippen molar-refractivity contribution in [2.75, 3.05) is 5.75 Å². The van der Waals surface area contributed by atoms with Crippen LogP contribution in [-0.4, -0.2) is 5.75 Å². The topological polar surface area (TPSA) is 0 Å². The third-order valence-electron chi connectivity index (χ3n) is 3.74. The van der Waals surface area contributed by atoms with Crippen LogP contribution >= 0.6 is 23.1 Å². The predicted molar refractivity (Wildman–Crippen MR) is 96.1 cm³/mol. The van der Waals surface area contributed by atoms with Crippen molar-refractivity contribution in [1.82, 2.24) is 0 Å². The van der Waals surface area contributed by atoms with Crippen molar-refractivity contribution >= 4 is 23.1 Å². The maximum absolute atomic E-state index is 2.29. The molecule has 1 rings (SSSR count). The second-order valence-corrected chi connectivity index (χ2v) is 8.01. The molecular weight excluding hydrogens is 280 g/mol. The molecule has 0 atom stereocenters. The molecule has 0 fully saturated rings. The Hall–Kier alpha value is 0.0500. The third kappa shape index (κ3) is 10.8. The van der Waals surface area contributed by atoms with Crippen LogP contribution in [0.25, 0.3) is 0 Å². The SMILES string of the molecule is CCCCCCCCCCCCCCSc1cccs1. The monoisotopic (exact) mass is 312 g/mol. The quantitative estimate of drug-likeness (QED) is 0.252. The molecule has 0 saturated carbocycles. The van der Waals surface area contributed by atoms with Crippen LogP contribution in [0.4, 0.5) is 0 Å².